The van der Waals surface area contributed by atoms with Gasteiger partial charge in [0.2, 0.25) is 0 Å². The maximum atomic E-state index is 12.4. The van der Waals surface area contributed by atoms with E-state index in [0.29, 0.717) is 33.8 Å². The van der Waals surface area contributed by atoms with E-state index in [0.717, 1.165) is 0 Å². The standard InChI is InChI=1S/C26H18O5S/c27-25(19-7-3-1-4-8-19)21-11-15-23(16-12-21)30-32(29)31-24-17-13-22(14-18-24)26(28)20-9-5-2-6-10-20/h1-18H. The predicted octanol–water partition coefficient (Wildman–Crippen LogP) is 5.19. The molecule has 0 aromatic heterocycles. The number of hydrogen-bond acceptors (Lipinski definition) is 5. The van der Waals surface area contributed by atoms with Gasteiger partial charge in [0.1, 0.15) is 11.5 Å². The highest BCUT2D eigenvalue weighted by atomic mass is 32.2. The molecule has 0 radical (unpaired) electrons. The van der Waals surface area contributed by atoms with Crippen LogP contribution in [0.2, 0.25) is 0 Å². The van der Waals surface area contributed by atoms with Gasteiger partial charge in [-0.05, 0) is 48.5 Å². The van der Waals surface area contributed by atoms with E-state index in [1.54, 1.807) is 97.1 Å². The fourth-order valence-electron chi connectivity index (χ4n) is 3.01. The molecule has 0 aliphatic heterocycles. The van der Waals surface area contributed by atoms with E-state index in [1.807, 2.05) is 12.1 Å². The van der Waals surface area contributed by atoms with Crippen LogP contribution < -0.4 is 8.37 Å². The van der Waals surface area contributed by atoms with Gasteiger partial charge in [-0.2, -0.15) is 4.21 Å². The maximum Gasteiger partial charge on any atom is 0.417 e. The van der Waals surface area contributed by atoms with Gasteiger partial charge in [0.15, 0.2) is 11.6 Å². The molecule has 0 aliphatic carbocycles. The van der Waals surface area contributed by atoms with E-state index in [4.69, 9.17) is 8.37 Å². The Bertz CT molecular complexity index is 1140. The van der Waals surface area contributed by atoms with Crippen molar-refractivity contribution >= 4 is 22.9 Å². The molecular weight excluding hydrogens is 424 g/mol. The van der Waals surface area contributed by atoms with Crippen molar-refractivity contribution in [3.63, 3.8) is 0 Å². The minimum absolute atomic E-state index is 0.111. The highest BCUT2D eigenvalue weighted by Gasteiger charge is 2.12. The molecule has 0 atom stereocenters. The second-order valence-electron chi connectivity index (χ2n) is 6.81. The van der Waals surface area contributed by atoms with Crippen LogP contribution in [0.25, 0.3) is 0 Å². The largest absolute Gasteiger partial charge is 0.417 e. The lowest BCUT2D eigenvalue weighted by atomic mass is 10.0. The van der Waals surface area contributed by atoms with E-state index >= 15 is 0 Å². The van der Waals surface area contributed by atoms with Gasteiger partial charge >= 0.3 is 11.4 Å². The van der Waals surface area contributed by atoms with Gasteiger partial charge in [-0.15, -0.1) is 0 Å². The van der Waals surface area contributed by atoms with Gasteiger partial charge in [-0.25, -0.2) is 0 Å². The average Bonchev–Trinajstić information content (AvgIpc) is 2.85. The van der Waals surface area contributed by atoms with Crippen molar-refractivity contribution in [2.45, 2.75) is 0 Å². The lowest BCUT2D eigenvalue weighted by molar-refractivity contribution is 0.103. The zero-order valence-electron chi connectivity index (χ0n) is 16.8. The van der Waals surface area contributed by atoms with Crippen molar-refractivity contribution < 1.29 is 22.2 Å². The molecule has 0 spiro atoms. The van der Waals surface area contributed by atoms with E-state index in [2.05, 4.69) is 0 Å². The number of carbonyl (C=O) groups is 2. The van der Waals surface area contributed by atoms with Crippen molar-refractivity contribution in [2.75, 3.05) is 0 Å². The summed E-state index contributed by atoms with van der Waals surface area (Å²) in [6, 6.07) is 30.5. The molecule has 4 aromatic carbocycles. The minimum Gasteiger partial charge on any atom is -0.371 e. The van der Waals surface area contributed by atoms with Crippen LogP contribution >= 0.6 is 0 Å². The Morgan fingerprint density at radius 1 is 0.469 bits per heavy atom. The van der Waals surface area contributed by atoms with Crippen LogP contribution in [0.1, 0.15) is 31.8 Å². The zero-order chi connectivity index (χ0) is 22.3. The summed E-state index contributed by atoms with van der Waals surface area (Å²) in [7, 11) is 0. The van der Waals surface area contributed by atoms with Crippen LogP contribution in [-0.4, -0.2) is 15.8 Å². The summed E-state index contributed by atoms with van der Waals surface area (Å²) in [5.74, 6) is 0.368. The monoisotopic (exact) mass is 442 g/mol. The first-order valence-electron chi connectivity index (χ1n) is 9.78. The Morgan fingerprint density at radius 2 is 0.781 bits per heavy atom. The van der Waals surface area contributed by atoms with E-state index in [1.165, 1.54) is 0 Å². The number of rotatable bonds is 8. The van der Waals surface area contributed by atoms with Crippen molar-refractivity contribution in [3.8, 4) is 11.5 Å². The number of carbonyl (C=O) groups excluding carboxylic acids is 2. The molecule has 4 aromatic rings. The van der Waals surface area contributed by atoms with Crippen LogP contribution in [0.15, 0.2) is 109 Å². The Balaban J connectivity index is 1.35. The molecular formula is C26H18O5S. The molecule has 158 valence electrons. The molecule has 0 saturated carbocycles. The fourth-order valence-corrected chi connectivity index (χ4v) is 3.58. The first-order chi connectivity index (χ1) is 15.6. The van der Waals surface area contributed by atoms with E-state index < -0.39 is 11.4 Å². The van der Waals surface area contributed by atoms with Crippen molar-refractivity contribution in [2.24, 2.45) is 0 Å². The minimum atomic E-state index is -2.10. The second kappa shape index (κ2) is 9.85. The molecule has 4 rings (SSSR count). The van der Waals surface area contributed by atoms with Gasteiger partial charge < -0.3 is 8.37 Å². The second-order valence-corrected chi connectivity index (χ2v) is 7.55. The van der Waals surface area contributed by atoms with Crippen molar-refractivity contribution in [1.82, 2.24) is 0 Å². The molecule has 0 N–H and O–H groups in total. The Hall–Kier alpha value is -4.03. The summed E-state index contributed by atoms with van der Waals surface area (Å²) < 4.78 is 22.8. The summed E-state index contributed by atoms with van der Waals surface area (Å²) in [5, 5.41) is 0. The Morgan fingerprint density at radius 3 is 1.12 bits per heavy atom. The van der Waals surface area contributed by atoms with E-state index in [9.17, 15) is 13.8 Å². The normalized spacial score (nSPS) is 10.5. The lowest BCUT2D eigenvalue weighted by Crippen LogP contribution is -2.08. The van der Waals surface area contributed by atoms with Gasteiger partial charge in [-0.3, -0.25) is 9.59 Å². The molecule has 0 aliphatic rings. The van der Waals surface area contributed by atoms with Crippen LogP contribution in [0.4, 0.5) is 0 Å². The third-order valence-corrected chi connectivity index (χ3v) is 5.29. The predicted molar refractivity (Wildman–Crippen MR) is 122 cm³/mol. The molecule has 0 bridgehead atoms. The topological polar surface area (TPSA) is 69.7 Å². The smallest absolute Gasteiger partial charge is 0.371 e. The van der Waals surface area contributed by atoms with Gasteiger partial charge in [0, 0.05) is 22.3 Å². The van der Waals surface area contributed by atoms with Crippen molar-refractivity contribution in [1.29, 1.82) is 0 Å². The summed E-state index contributed by atoms with van der Waals surface area (Å²) >= 11 is -2.10. The lowest BCUT2D eigenvalue weighted by Gasteiger charge is -2.07. The molecule has 0 unspecified atom stereocenters. The van der Waals surface area contributed by atoms with Gasteiger partial charge in [-0.1, -0.05) is 60.7 Å². The molecule has 0 fully saturated rings. The van der Waals surface area contributed by atoms with Crippen molar-refractivity contribution in [3.05, 3.63) is 131 Å². The molecule has 0 heterocycles. The number of hydrogen-bond donors (Lipinski definition) is 0. The number of ketones is 2. The molecule has 0 saturated heterocycles. The quantitative estimate of drug-likeness (QED) is 0.352. The maximum absolute atomic E-state index is 12.4. The van der Waals surface area contributed by atoms with Gasteiger partial charge in [0.25, 0.3) is 0 Å². The van der Waals surface area contributed by atoms with Crippen LogP contribution in [-0.2, 0) is 11.4 Å². The zero-order valence-corrected chi connectivity index (χ0v) is 17.7. The van der Waals surface area contributed by atoms with Crippen LogP contribution in [0.5, 0.6) is 11.5 Å². The Labute approximate surface area is 188 Å². The highest BCUT2D eigenvalue weighted by molar-refractivity contribution is 7.75. The summed E-state index contributed by atoms with van der Waals surface area (Å²) in [6.45, 7) is 0. The Kier molecular flexibility index (Phi) is 6.53. The van der Waals surface area contributed by atoms with Crippen LogP contribution in [0, 0.1) is 0 Å². The fraction of sp³-hybridized carbons (Fsp3) is 0. The summed E-state index contributed by atoms with van der Waals surface area (Å²) in [5.41, 5.74) is 2.16. The first kappa shape index (κ1) is 21.2. The molecule has 5 nitrogen and oxygen atoms in total. The SMILES string of the molecule is O=C(c1ccccc1)c1ccc(OS(=O)Oc2ccc(C(=O)c3ccccc3)cc2)cc1. The third kappa shape index (κ3) is 5.17. The van der Waals surface area contributed by atoms with E-state index in [-0.39, 0.29) is 11.6 Å². The molecule has 32 heavy (non-hydrogen) atoms. The highest BCUT2D eigenvalue weighted by Crippen LogP contribution is 2.19. The van der Waals surface area contributed by atoms with Crippen LogP contribution in [0.3, 0.4) is 0 Å². The molecule has 6 heteroatoms. The average molecular weight is 442 g/mol. The summed E-state index contributed by atoms with van der Waals surface area (Å²) in [4.78, 5) is 24.9. The van der Waals surface area contributed by atoms with Gasteiger partial charge in [0.05, 0.1) is 0 Å². The third-order valence-electron chi connectivity index (χ3n) is 4.63. The first-order valence-corrected chi connectivity index (χ1v) is 10.8. The number of benzene rings is 4. The molecule has 0 amide bonds. The summed E-state index contributed by atoms with van der Waals surface area (Å²) in [6.07, 6.45) is 0.